The number of nitrogens with zero attached hydrogens (tertiary/aromatic N) is 1. The Kier molecular flexibility index (Phi) is 3.40. The summed E-state index contributed by atoms with van der Waals surface area (Å²) in [5.74, 6) is 0. The molecule has 0 unspecified atom stereocenters. The molecule has 92 valence electrons. The molecule has 1 heterocycles. The van der Waals surface area contributed by atoms with Crippen LogP contribution in [0, 0.1) is 0 Å². The fraction of sp³-hybridized carbons (Fsp3) is 0.364. The number of anilines is 1. The van der Waals surface area contributed by atoms with Gasteiger partial charge >= 0.3 is 6.09 Å². The smallest absolute Gasteiger partial charge is 0.407 e. The van der Waals surface area contributed by atoms with Gasteiger partial charge in [-0.25, -0.2) is 4.79 Å². The van der Waals surface area contributed by atoms with Crippen molar-refractivity contribution in [1.29, 1.82) is 0 Å². The second-order valence-electron chi connectivity index (χ2n) is 3.87. The maximum atomic E-state index is 10.9. The van der Waals surface area contributed by atoms with Gasteiger partial charge in [-0.1, -0.05) is 17.7 Å². The number of halogens is 1. The van der Waals surface area contributed by atoms with E-state index in [2.05, 4.69) is 0 Å². The van der Waals surface area contributed by atoms with Gasteiger partial charge in [0.1, 0.15) is 6.10 Å². The van der Waals surface area contributed by atoms with Gasteiger partial charge in [-0.2, -0.15) is 0 Å². The first kappa shape index (κ1) is 12.0. The molecule has 0 radical (unpaired) electrons. The molecule has 1 saturated heterocycles. The average molecular weight is 257 g/mol. The van der Waals surface area contributed by atoms with Gasteiger partial charge < -0.3 is 20.5 Å². The van der Waals surface area contributed by atoms with Crippen molar-refractivity contribution in [3.8, 4) is 0 Å². The molecule has 3 N–H and O–H groups in total. The van der Waals surface area contributed by atoms with E-state index >= 15 is 0 Å². The number of carbonyl (C=O) groups is 1. The Morgan fingerprint density at radius 1 is 1.59 bits per heavy atom. The van der Waals surface area contributed by atoms with Gasteiger partial charge in [0, 0.05) is 6.54 Å². The predicted molar refractivity (Wildman–Crippen MR) is 64.2 cm³/mol. The zero-order chi connectivity index (χ0) is 12.4. The quantitative estimate of drug-likeness (QED) is 0.754. The van der Waals surface area contributed by atoms with Gasteiger partial charge in [0.2, 0.25) is 0 Å². The van der Waals surface area contributed by atoms with Crippen molar-refractivity contribution in [2.45, 2.75) is 6.10 Å². The van der Waals surface area contributed by atoms with E-state index in [0.29, 0.717) is 30.4 Å². The number of rotatable bonds is 1. The van der Waals surface area contributed by atoms with Crippen LogP contribution in [0.2, 0.25) is 5.02 Å². The van der Waals surface area contributed by atoms with Crippen LogP contribution in [0.15, 0.2) is 18.2 Å². The highest BCUT2D eigenvalue weighted by Crippen LogP contribution is 2.27. The molecule has 1 atom stereocenters. The summed E-state index contributed by atoms with van der Waals surface area (Å²) >= 11 is 5.92. The second kappa shape index (κ2) is 4.81. The molecule has 0 spiro atoms. The van der Waals surface area contributed by atoms with E-state index in [4.69, 9.17) is 27.2 Å². The largest absolute Gasteiger partial charge is 0.465 e. The van der Waals surface area contributed by atoms with Crippen molar-refractivity contribution >= 4 is 23.4 Å². The lowest BCUT2D eigenvalue weighted by Gasteiger charge is -2.31. The molecule has 1 aromatic carbocycles. The van der Waals surface area contributed by atoms with Crippen LogP contribution in [0.4, 0.5) is 10.5 Å². The molecular formula is C11H13ClN2O3. The normalized spacial score (nSPS) is 20.3. The molecule has 1 aliphatic rings. The molecule has 6 heteroatoms. The maximum Gasteiger partial charge on any atom is 0.407 e. The van der Waals surface area contributed by atoms with Gasteiger partial charge in [-0.15, -0.1) is 0 Å². The molecule has 1 aliphatic heterocycles. The summed E-state index contributed by atoms with van der Waals surface area (Å²) in [6.45, 7) is 1.10. The summed E-state index contributed by atoms with van der Waals surface area (Å²) in [6, 6.07) is 5.21. The number of hydrogen-bond acceptors (Lipinski definition) is 3. The number of ether oxygens (including phenoxy) is 1. The van der Waals surface area contributed by atoms with Crippen LogP contribution in [0.5, 0.6) is 0 Å². The van der Waals surface area contributed by atoms with Gasteiger partial charge in [0.05, 0.1) is 23.9 Å². The van der Waals surface area contributed by atoms with Crippen LogP contribution in [0.3, 0.4) is 0 Å². The summed E-state index contributed by atoms with van der Waals surface area (Å²) in [5.41, 5.74) is 6.96. The van der Waals surface area contributed by atoms with E-state index in [0.717, 1.165) is 5.56 Å². The first-order chi connectivity index (χ1) is 8.08. The van der Waals surface area contributed by atoms with Crippen LogP contribution >= 0.6 is 11.6 Å². The molecule has 1 aromatic rings. The minimum absolute atomic E-state index is 0.280. The molecule has 1 fully saturated rings. The van der Waals surface area contributed by atoms with Crippen molar-refractivity contribution in [1.82, 2.24) is 4.90 Å². The summed E-state index contributed by atoms with van der Waals surface area (Å²) in [5, 5.41) is 9.38. The van der Waals surface area contributed by atoms with Gasteiger partial charge in [-0.3, -0.25) is 0 Å². The highest BCUT2D eigenvalue weighted by atomic mass is 35.5. The molecule has 17 heavy (non-hydrogen) atoms. The van der Waals surface area contributed by atoms with E-state index < -0.39 is 6.09 Å². The number of amides is 1. The van der Waals surface area contributed by atoms with Crippen LogP contribution in [-0.4, -0.2) is 35.8 Å². The van der Waals surface area contributed by atoms with E-state index in [1.54, 1.807) is 18.2 Å². The molecule has 1 amide bonds. The Labute approximate surface area is 104 Å². The predicted octanol–water partition coefficient (Wildman–Crippen LogP) is 1.97. The lowest BCUT2D eigenvalue weighted by molar-refractivity contribution is -0.0231. The summed E-state index contributed by atoms with van der Waals surface area (Å²) < 4.78 is 5.53. The standard InChI is InChI=1S/C11H13ClN2O3/c12-8-5-7(1-2-9(8)13)10-6-14(11(15)16)3-4-17-10/h1-2,5,10H,3-4,6,13H2,(H,15,16)/t10-/m1/s1. The molecule has 0 aromatic heterocycles. The second-order valence-corrected chi connectivity index (χ2v) is 4.28. The molecule has 5 nitrogen and oxygen atoms in total. The van der Waals surface area contributed by atoms with Gasteiger partial charge in [0.15, 0.2) is 0 Å². The topological polar surface area (TPSA) is 75.8 Å². The van der Waals surface area contributed by atoms with Crippen molar-refractivity contribution < 1.29 is 14.6 Å². The first-order valence-corrected chi connectivity index (χ1v) is 5.60. The number of benzene rings is 1. The Morgan fingerprint density at radius 3 is 3.00 bits per heavy atom. The van der Waals surface area contributed by atoms with Crippen molar-refractivity contribution in [2.75, 3.05) is 25.4 Å². The Morgan fingerprint density at radius 2 is 2.35 bits per heavy atom. The van der Waals surface area contributed by atoms with Crippen LogP contribution < -0.4 is 5.73 Å². The Balaban J connectivity index is 2.16. The minimum atomic E-state index is -0.931. The minimum Gasteiger partial charge on any atom is -0.465 e. The van der Waals surface area contributed by atoms with E-state index in [-0.39, 0.29) is 6.10 Å². The fourth-order valence-corrected chi connectivity index (χ4v) is 1.96. The highest BCUT2D eigenvalue weighted by molar-refractivity contribution is 6.33. The third-order valence-electron chi connectivity index (χ3n) is 2.73. The lowest BCUT2D eigenvalue weighted by atomic mass is 10.1. The summed E-state index contributed by atoms with van der Waals surface area (Å²) in [4.78, 5) is 12.2. The molecule has 0 saturated carbocycles. The summed E-state index contributed by atoms with van der Waals surface area (Å²) in [6.07, 6.45) is -1.21. The third kappa shape index (κ3) is 2.62. The fourth-order valence-electron chi connectivity index (χ4n) is 1.77. The zero-order valence-electron chi connectivity index (χ0n) is 9.10. The van der Waals surface area contributed by atoms with E-state index in [1.807, 2.05) is 0 Å². The Bertz CT molecular complexity index is 439. The van der Waals surface area contributed by atoms with Crippen molar-refractivity contribution in [2.24, 2.45) is 0 Å². The van der Waals surface area contributed by atoms with E-state index in [1.165, 1.54) is 4.90 Å². The molecule has 2 rings (SSSR count). The molecule has 0 aliphatic carbocycles. The lowest BCUT2D eigenvalue weighted by Crippen LogP contribution is -2.41. The van der Waals surface area contributed by atoms with Crippen molar-refractivity contribution in [3.63, 3.8) is 0 Å². The first-order valence-electron chi connectivity index (χ1n) is 5.22. The number of carboxylic acid groups (broad SMARTS) is 1. The van der Waals surface area contributed by atoms with Gasteiger partial charge in [0.25, 0.3) is 0 Å². The van der Waals surface area contributed by atoms with Gasteiger partial charge in [-0.05, 0) is 17.7 Å². The number of nitrogens with two attached hydrogens (primary N) is 1. The van der Waals surface area contributed by atoms with Crippen LogP contribution in [0.25, 0.3) is 0 Å². The Hall–Kier alpha value is -1.46. The zero-order valence-corrected chi connectivity index (χ0v) is 9.85. The monoisotopic (exact) mass is 256 g/mol. The number of nitrogen functional groups attached to an aromatic ring is 1. The molecule has 0 bridgehead atoms. The third-order valence-corrected chi connectivity index (χ3v) is 3.06. The highest BCUT2D eigenvalue weighted by Gasteiger charge is 2.25. The maximum absolute atomic E-state index is 10.9. The number of morpholine rings is 1. The number of hydrogen-bond donors (Lipinski definition) is 2. The SMILES string of the molecule is Nc1ccc([C@H]2CN(C(=O)O)CCO2)cc1Cl. The van der Waals surface area contributed by atoms with Crippen molar-refractivity contribution in [3.05, 3.63) is 28.8 Å². The van der Waals surface area contributed by atoms with Crippen LogP contribution in [-0.2, 0) is 4.74 Å². The van der Waals surface area contributed by atoms with E-state index in [9.17, 15) is 4.79 Å². The average Bonchev–Trinajstić information content (AvgIpc) is 2.33. The molecular weight excluding hydrogens is 244 g/mol. The summed E-state index contributed by atoms with van der Waals surface area (Å²) in [7, 11) is 0. The van der Waals surface area contributed by atoms with Crippen LogP contribution in [0.1, 0.15) is 11.7 Å².